The lowest BCUT2D eigenvalue weighted by molar-refractivity contribution is 0.0457. The van der Waals surface area contributed by atoms with Crippen molar-refractivity contribution in [2.45, 2.75) is 64.7 Å². The Kier molecular flexibility index (Phi) is 6.13. The fraction of sp³-hybridized carbons (Fsp3) is 0.417. The van der Waals surface area contributed by atoms with Crippen LogP contribution in [0.4, 0.5) is 0 Å². The first-order chi connectivity index (χ1) is 14.9. The largest absolute Gasteiger partial charge is 0.508 e. The zero-order valence-corrected chi connectivity index (χ0v) is 18.0. The molecule has 0 unspecified atom stereocenters. The molecule has 3 aromatic rings. The lowest BCUT2D eigenvalue weighted by Gasteiger charge is -2.13. The van der Waals surface area contributed by atoms with Crippen molar-refractivity contribution >= 4 is 0 Å². The van der Waals surface area contributed by atoms with Crippen LogP contribution in [-0.2, 0) is 17.9 Å². The van der Waals surface area contributed by atoms with Gasteiger partial charge >= 0.3 is 5.69 Å². The Bertz CT molecular complexity index is 1090. The van der Waals surface area contributed by atoms with Crippen molar-refractivity contribution in [3.05, 3.63) is 63.6 Å². The molecule has 2 aromatic carbocycles. The number of benzene rings is 2. The van der Waals surface area contributed by atoms with E-state index in [4.69, 9.17) is 4.74 Å². The Labute approximate surface area is 181 Å². The first-order valence-electron chi connectivity index (χ1n) is 10.8. The molecular weight excluding hydrogens is 394 g/mol. The van der Waals surface area contributed by atoms with Crippen molar-refractivity contribution in [2.75, 3.05) is 0 Å². The predicted octanol–water partition coefficient (Wildman–Crippen LogP) is 4.28. The minimum absolute atomic E-state index is 0.0242. The van der Waals surface area contributed by atoms with Crippen LogP contribution >= 0.6 is 0 Å². The van der Waals surface area contributed by atoms with E-state index in [9.17, 15) is 15.0 Å². The molecule has 0 radical (unpaired) electrons. The van der Waals surface area contributed by atoms with Crippen LogP contribution in [0.25, 0.3) is 11.4 Å². The highest BCUT2D eigenvalue weighted by Crippen LogP contribution is 2.36. The van der Waals surface area contributed by atoms with Gasteiger partial charge in [-0.3, -0.25) is 4.57 Å². The summed E-state index contributed by atoms with van der Waals surface area (Å²) < 4.78 is 7.45. The molecule has 1 fully saturated rings. The first kappa shape index (κ1) is 21.2. The Balaban J connectivity index is 1.55. The van der Waals surface area contributed by atoms with Crippen LogP contribution < -0.4 is 5.69 Å². The second kappa shape index (κ2) is 8.98. The third kappa shape index (κ3) is 4.66. The summed E-state index contributed by atoms with van der Waals surface area (Å²) in [7, 11) is 0. The minimum atomic E-state index is -0.359. The van der Waals surface area contributed by atoms with E-state index in [2.05, 4.69) is 10.2 Å². The molecule has 0 amide bonds. The summed E-state index contributed by atoms with van der Waals surface area (Å²) in [6, 6.07) is 11.0. The van der Waals surface area contributed by atoms with Crippen molar-refractivity contribution in [2.24, 2.45) is 0 Å². The summed E-state index contributed by atoms with van der Waals surface area (Å²) in [5, 5.41) is 27.1. The lowest BCUT2D eigenvalue weighted by Crippen LogP contribution is -2.18. The molecule has 0 atom stereocenters. The van der Waals surface area contributed by atoms with E-state index in [0.717, 1.165) is 24.0 Å². The molecule has 1 aromatic heterocycles. The first-order valence-corrected chi connectivity index (χ1v) is 10.8. The number of H-pyrrole nitrogens is 1. The highest BCUT2D eigenvalue weighted by Gasteiger charge is 2.19. The average Bonchev–Trinajstić information content (AvgIpc) is 3.38. The van der Waals surface area contributed by atoms with Crippen LogP contribution in [0.1, 0.15) is 62.1 Å². The maximum absolute atomic E-state index is 12.4. The average molecular weight is 424 g/mol. The molecule has 1 heterocycles. The van der Waals surface area contributed by atoms with Crippen molar-refractivity contribution < 1.29 is 14.9 Å². The van der Waals surface area contributed by atoms with Gasteiger partial charge in [0.25, 0.3) is 0 Å². The van der Waals surface area contributed by atoms with Gasteiger partial charge in [0.15, 0.2) is 5.82 Å². The maximum Gasteiger partial charge on any atom is 0.343 e. The SMILES string of the molecule is CC(C)c1cc(-c2n[nH]c(=O)n2Cc2ccc(COC3CCCC3)cc2)c(O)cc1O. The number of aromatic nitrogens is 3. The van der Waals surface area contributed by atoms with E-state index >= 15 is 0 Å². The van der Waals surface area contributed by atoms with Gasteiger partial charge in [-0.1, -0.05) is 51.0 Å². The van der Waals surface area contributed by atoms with E-state index in [1.54, 1.807) is 6.07 Å². The quantitative estimate of drug-likeness (QED) is 0.527. The van der Waals surface area contributed by atoms with Gasteiger partial charge in [0.1, 0.15) is 11.5 Å². The molecule has 7 nitrogen and oxygen atoms in total. The minimum Gasteiger partial charge on any atom is -0.508 e. The van der Waals surface area contributed by atoms with Crippen LogP contribution in [-0.4, -0.2) is 31.1 Å². The lowest BCUT2D eigenvalue weighted by atomic mass is 9.98. The summed E-state index contributed by atoms with van der Waals surface area (Å²) in [5.74, 6) is 0.285. The number of aromatic amines is 1. The zero-order valence-electron chi connectivity index (χ0n) is 18.0. The number of nitrogens with one attached hydrogen (secondary N) is 1. The van der Waals surface area contributed by atoms with Gasteiger partial charge in [-0.05, 0) is 41.5 Å². The summed E-state index contributed by atoms with van der Waals surface area (Å²) in [6.07, 6.45) is 5.17. The van der Waals surface area contributed by atoms with Gasteiger partial charge < -0.3 is 14.9 Å². The summed E-state index contributed by atoms with van der Waals surface area (Å²) in [4.78, 5) is 12.4. The van der Waals surface area contributed by atoms with Gasteiger partial charge in [0, 0.05) is 6.07 Å². The van der Waals surface area contributed by atoms with E-state index < -0.39 is 0 Å². The van der Waals surface area contributed by atoms with E-state index in [1.807, 2.05) is 38.1 Å². The molecule has 1 aliphatic carbocycles. The van der Waals surface area contributed by atoms with Gasteiger partial charge in [0.05, 0.1) is 24.8 Å². The summed E-state index contributed by atoms with van der Waals surface area (Å²) in [6.45, 7) is 4.81. The summed E-state index contributed by atoms with van der Waals surface area (Å²) >= 11 is 0. The van der Waals surface area contributed by atoms with Gasteiger partial charge in [-0.15, -0.1) is 0 Å². The molecule has 3 N–H and O–H groups in total. The van der Waals surface area contributed by atoms with Crippen LogP contribution in [0.3, 0.4) is 0 Å². The molecule has 0 saturated heterocycles. The second-order valence-corrected chi connectivity index (χ2v) is 8.56. The monoisotopic (exact) mass is 423 g/mol. The number of phenolic OH excluding ortho intramolecular Hbond substituents is 2. The number of hydrogen-bond acceptors (Lipinski definition) is 5. The van der Waals surface area contributed by atoms with Crippen LogP contribution in [0.5, 0.6) is 11.5 Å². The maximum atomic E-state index is 12.4. The van der Waals surface area contributed by atoms with E-state index in [1.165, 1.54) is 23.5 Å². The topological polar surface area (TPSA) is 100 Å². The third-order valence-corrected chi connectivity index (χ3v) is 5.92. The van der Waals surface area contributed by atoms with Gasteiger partial charge in [0.2, 0.25) is 0 Å². The molecule has 1 aliphatic rings. The number of aromatic hydroxyl groups is 2. The molecular formula is C24H29N3O4. The molecule has 4 rings (SSSR count). The fourth-order valence-electron chi connectivity index (χ4n) is 4.10. The Morgan fingerprint density at radius 2 is 1.77 bits per heavy atom. The number of phenols is 2. The smallest absolute Gasteiger partial charge is 0.343 e. The molecule has 164 valence electrons. The third-order valence-electron chi connectivity index (χ3n) is 5.92. The molecule has 0 bridgehead atoms. The predicted molar refractivity (Wildman–Crippen MR) is 118 cm³/mol. The number of rotatable bonds is 7. The number of nitrogens with zero attached hydrogens (tertiary/aromatic N) is 2. The Morgan fingerprint density at radius 3 is 2.45 bits per heavy atom. The van der Waals surface area contributed by atoms with Crippen LogP contribution in [0.2, 0.25) is 0 Å². The highest BCUT2D eigenvalue weighted by atomic mass is 16.5. The second-order valence-electron chi connectivity index (χ2n) is 8.56. The van der Waals surface area contributed by atoms with Gasteiger partial charge in [-0.2, -0.15) is 5.10 Å². The van der Waals surface area contributed by atoms with E-state index in [-0.39, 0.29) is 23.1 Å². The number of hydrogen-bond donors (Lipinski definition) is 3. The molecule has 0 aliphatic heterocycles. The standard InChI is InChI=1S/C24H29N3O4/c1-15(2)19-11-20(22(29)12-21(19)28)23-25-26-24(30)27(23)13-16-7-9-17(10-8-16)14-31-18-5-3-4-6-18/h7-12,15,18,28-29H,3-6,13-14H2,1-2H3,(H,26,30). The summed E-state index contributed by atoms with van der Waals surface area (Å²) in [5.41, 5.74) is 2.77. The Hall–Kier alpha value is -3.06. The molecule has 7 heteroatoms. The Morgan fingerprint density at radius 1 is 1.10 bits per heavy atom. The zero-order chi connectivity index (χ0) is 22.0. The molecule has 1 saturated carbocycles. The normalized spacial score (nSPS) is 14.5. The molecule has 0 spiro atoms. The number of ether oxygens (including phenoxy) is 1. The van der Waals surface area contributed by atoms with Gasteiger partial charge in [-0.25, -0.2) is 9.89 Å². The van der Waals surface area contributed by atoms with Crippen molar-refractivity contribution in [1.29, 1.82) is 0 Å². The van der Waals surface area contributed by atoms with Crippen LogP contribution in [0, 0.1) is 0 Å². The van der Waals surface area contributed by atoms with Crippen molar-refractivity contribution in [3.8, 4) is 22.9 Å². The highest BCUT2D eigenvalue weighted by molar-refractivity contribution is 5.67. The van der Waals surface area contributed by atoms with Crippen LogP contribution in [0.15, 0.2) is 41.2 Å². The fourth-order valence-corrected chi connectivity index (χ4v) is 4.10. The van der Waals surface area contributed by atoms with E-state index in [0.29, 0.717) is 36.2 Å². The molecule has 31 heavy (non-hydrogen) atoms. The van der Waals surface area contributed by atoms with Crippen molar-refractivity contribution in [1.82, 2.24) is 14.8 Å². The van der Waals surface area contributed by atoms with Crippen molar-refractivity contribution in [3.63, 3.8) is 0 Å².